The molecule has 2 aromatic rings. The molecule has 0 spiro atoms. The molecule has 0 atom stereocenters. The highest BCUT2D eigenvalue weighted by Gasteiger charge is 2.18. The molecule has 0 saturated heterocycles. The number of aromatic nitrogens is 2. The largest absolute Gasteiger partial charge is 0.372 e. The number of rotatable bonds is 5. The van der Waals surface area contributed by atoms with E-state index in [1.165, 1.54) is 37.8 Å². The first-order valence-electron chi connectivity index (χ1n) is 8.33. The summed E-state index contributed by atoms with van der Waals surface area (Å²) in [6.07, 6.45) is 8.21. The van der Waals surface area contributed by atoms with Crippen LogP contribution in [0.25, 0.3) is 0 Å². The van der Waals surface area contributed by atoms with Gasteiger partial charge in [-0.05, 0) is 36.6 Å². The molecule has 1 aromatic carbocycles. The van der Waals surface area contributed by atoms with Crippen LogP contribution in [0.1, 0.15) is 48.2 Å². The molecule has 1 amide bonds. The van der Waals surface area contributed by atoms with Crippen molar-refractivity contribution in [2.24, 2.45) is 0 Å². The van der Waals surface area contributed by atoms with E-state index in [0.29, 0.717) is 18.3 Å². The second-order valence-electron chi connectivity index (χ2n) is 6.22. The molecular weight excluding hydrogens is 288 g/mol. The maximum atomic E-state index is 11.9. The van der Waals surface area contributed by atoms with Crippen molar-refractivity contribution >= 4 is 11.6 Å². The summed E-state index contributed by atoms with van der Waals surface area (Å²) < 4.78 is 0. The van der Waals surface area contributed by atoms with Gasteiger partial charge in [-0.1, -0.05) is 31.4 Å². The summed E-state index contributed by atoms with van der Waals surface area (Å²) >= 11 is 0. The third kappa shape index (κ3) is 3.92. The van der Waals surface area contributed by atoms with E-state index in [0.717, 1.165) is 5.56 Å². The van der Waals surface area contributed by atoms with Gasteiger partial charge in [0.1, 0.15) is 5.69 Å². The fourth-order valence-corrected chi connectivity index (χ4v) is 3.19. The number of aromatic amines is 1. The van der Waals surface area contributed by atoms with E-state index >= 15 is 0 Å². The molecule has 1 fully saturated rings. The van der Waals surface area contributed by atoms with Crippen molar-refractivity contribution in [1.29, 1.82) is 0 Å². The normalized spacial score (nSPS) is 15.3. The lowest BCUT2D eigenvalue weighted by Gasteiger charge is -2.33. The monoisotopic (exact) mass is 312 g/mol. The number of amides is 1. The molecule has 5 nitrogen and oxygen atoms in total. The maximum absolute atomic E-state index is 11.9. The van der Waals surface area contributed by atoms with E-state index in [2.05, 4.69) is 51.7 Å². The first-order chi connectivity index (χ1) is 11.2. The Morgan fingerprint density at radius 2 is 1.96 bits per heavy atom. The average Bonchev–Trinajstić information content (AvgIpc) is 3.15. The lowest BCUT2D eigenvalue weighted by molar-refractivity contribution is 0.0946. The maximum Gasteiger partial charge on any atom is 0.269 e. The molecule has 0 aliphatic heterocycles. The number of nitrogens with one attached hydrogen (secondary N) is 2. The van der Waals surface area contributed by atoms with Gasteiger partial charge in [0.2, 0.25) is 0 Å². The van der Waals surface area contributed by atoms with E-state index in [4.69, 9.17) is 0 Å². The summed E-state index contributed by atoms with van der Waals surface area (Å²) in [5, 5.41) is 9.34. The molecule has 23 heavy (non-hydrogen) atoms. The van der Waals surface area contributed by atoms with Crippen molar-refractivity contribution in [2.45, 2.75) is 44.7 Å². The number of carbonyl (C=O) groups is 1. The summed E-state index contributed by atoms with van der Waals surface area (Å²) in [5.41, 5.74) is 2.83. The second-order valence-corrected chi connectivity index (χ2v) is 6.22. The Balaban J connectivity index is 1.55. The topological polar surface area (TPSA) is 61.0 Å². The Morgan fingerprint density at radius 3 is 2.61 bits per heavy atom. The number of H-pyrrole nitrogens is 1. The minimum Gasteiger partial charge on any atom is -0.372 e. The zero-order valence-electron chi connectivity index (χ0n) is 13.6. The molecular formula is C18H24N4O. The number of carbonyl (C=O) groups excluding carboxylic acids is 1. The fraction of sp³-hybridized carbons (Fsp3) is 0.444. The van der Waals surface area contributed by atoms with Gasteiger partial charge in [0, 0.05) is 31.5 Å². The lowest BCUT2D eigenvalue weighted by atomic mass is 9.94. The second kappa shape index (κ2) is 7.31. The van der Waals surface area contributed by atoms with Crippen molar-refractivity contribution in [3.63, 3.8) is 0 Å². The SMILES string of the molecule is CN(c1ccc(CNC(=O)c2ccn[nH]2)cc1)C1CCCCC1. The molecule has 2 N–H and O–H groups in total. The van der Waals surface area contributed by atoms with Gasteiger partial charge >= 0.3 is 0 Å². The van der Waals surface area contributed by atoms with Crippen LogP contribution in [0.3, 0.4) is 0 Å². The lowest BCUT2D eigenvalue weighted by Crippen LogP contribution is -2.33. The Bertz CT molecular complexity index is 615. The van der Waals surface area contributed by atoms with E-state index in [1.54, 1.807) is 12.3 Å². The highest BCUT2D eigenvalue weighted by atomic mass is 16.1. The number of nitrogens with zero attached hydrogens (tertiary/aromatic N) is 2. The van der Waals surface area contributed by atoms with Crippen LogP contribution in [0.4, 0.5) is 5.69 Å². The minimum atomic E-state index is -0.133. The Hall–Kier alpha value is -2.30. The molecule has 122 valence electrons. The van der Waals surface area contributed by atoms with Gasteiger partial charge in [0.25, 0.3) is 5.91 Å². The van der Waals surface area contributed by atoms with Crippen molar-refractivity contribution in [3.05, 3.63) is 47.8 Å². The first kappa shape index (κ1) is 15.6. The zero-order chi connectivity index (χ0) is 16.1. The van der Waals surface area contributed by atoms with Gasteiger partial charge in [0.15, 0.2) is 0 Å². The zero-order valence-corrected chi connectivity index (χ0v) is 13.6. The fourth-order valence-electron chi connectivity index (χ4n) is 3.19. The van der Waals surface area contributed by atoms with Crippen LogP contribution in [0.5, 0.6) is 0 Å². The van der Waals surface area contributed by atoms with Gasteiger partial charge in [-0.25, -0.2) is 0 Å². The molecule has 1 aromatic heterocycles. The van der Waals surface area contributed by atoms with Crippen LogP contribution in [0, 0.1) is 0 Å². The molecule has 5 heteroatoms. The minimum absolute atomic E-state index is 0.133. The molecule has 1 heterocycles. The van der Waals surface area contributed by atoms with E-state index < -0.39 is 0 Å². The van der Waals surface area contributed by atoms with Gasteiger partial charge in [-0.3, -0.25) is 9.89 Å². The molecule has 1 aliphatic carbocycles. The van der Waals surface area contributed by atoms with Crippen molar-refractivity contribution < 1.29 is 4.79 Å². The number of benzene rings is 1. The van der Waals surface area contributed by atoms with Crippen molar-refractivity contribution in [2.75, 3.05) is 11.9 Å². The first-order valence-corrected chi connectivity index (χ1v) is 8.33. The summed E-state index contributed by atoms with van der Waals surface area (Å²) in [6, 6.07) is 10.8. The van der Waals surface area contributed by atoms with Gasteiger partial charge in [-0.2, -0.15) is 5.10 Å². The Kier molecular flexibility index (Phi) is 4.95. The van der Waals surface area contributed by atoms with Crippen LogP contribution in [-0.2, 0) is 6.54 Å². The van der Waals surface area contributed by atoms with Crippen LogP contribution >= 0.6 is 0 Å². The summed E-state index contributed by atoms with van der Waals surface area (Å²) in [4.78, 5) is 14.3. The smallest absolute Gasteiger partial charge is 0.269 e. The molecule has 0 radical (unpaired) electrons. The van der Waals surface area contributed by atoms with Crippen LogP contribution in [0.15, 0.2) is 36.5 Å². The molecule has 0 bridgehead atoms. The van der Waals surface area contributed by atoms with Crippen LogP contribution in [0.2, 0.25) is 0 Å². The molecule has 0 unspecified atom stereocenters. The van der Waals surface area contributed by atoms with E-state index in [9.17, 15) is 4.79 Å². The van der Waals surface area contributed by atoms with E-state index in [-0.39, 0.29) is 5.91 Å². The Morgan fingerprint density at radius 1 is 1.22 bits per heavy atom. The van der Waals surface area contributed by atoms with Crippen LogP contribution < -0.4 is 10.2 Å². The average molecular weight is 312 g/mol. The Labute approximate surface area is 137 Å². The van der Waals surface area contributed by atoms with Crippen molar-refractivity contribution in [3.8, 4) is 0 Å². The quantitative estimate of drug-likeness (QED) is 0.892. The van der Waals surface area contributed by atoms with Gasteiger partial charge < -0.3 is 10.2 Å². The van der Waals surface area contributed by atoms with E-state index in [1.807, 2.05) is 0 Å². The standard InChI is InChI=1S/C18H24N4O/c1-22(15-5-3-2-4-6-15)16-9-7-14(8-10-16)13-19-18(23)17-11-12-20-21-17/h7-12,15H,2-6,13H2,1H3,(H,19,23)(H,20,21). The highest BCUT2D eigenvalue weighted by molar-refractivity contribution is 5.92. The number of hydrogen-bond acceptors (Lipinski definition) is 3. The van der Waals surface area contributed by atoms with Crippen LogP contribution in [-0.4, -0.2) is 29.2 Å². The molecule has 1 saturated carbocycles. The number of anilines is 1. The van der Waals surface area contributed by atoms with Gasteiger partial charge in [0.05, 0.1) is 0 Å². The molecule has 3 rings (SSSR count). The summed E-state index contributed by atoms with van der Waals surface area (Å²) in [6.45, 7) is 0.519. The predicted molar refractivity (Wildman–Crippen MR) is 91.5 cm³/mol. The van der Waals surface area contributed by atoms with Gasteiger partial charge in [-0.15, -0.1) is 0 Å². The predicted octanol–water partition coefficient (Wildman–Crippen LogP) is 3.11. The third-order valence-electron chi connectivity index (χ3n) is 4.66. The molecule has 1 aliphatic rings. The highest BCUT2D eigenvalue weighted by Crippen LogP contribution is 2.26. The third-order valence-corrected chi connectivity index (χ3v) is 4.66. The summed E-state index contributed by atoms with van der Waals surface area (Å²) in [7, 11) is 2.19. The summed E-state index contributed by atoms with van der Waals surface area (Å²) in [5.74, 6) is -0.133. The number of hydrogen-bond donors (Lipinski definition) is 2. The van der Waals surface area contributed by atoms with Crippen molar-refractivity contribution in [1.82, 2.24) is 15.5 Å².